The molecule has 0 saturated carbocycles. The van der Waals surface area contributed by atoms with Crippen molar-refractivity contribution in [2.45, 2.75) is 6.92 Å². The Hall–Kier alpha value is -2.53. The molecule has 0 heterocycles. The van der Waals surface area contributed by atoms with Gasteiger partial charge in [0.1, 0.15) is 17.3 Å². The minimum Gasteiger partial charge on any atom is -0.369 e. The number of hydrogen-bond acceptors (Lipinski definition) is 4. The molecule has 5 heteroatoms. The molecule has 0 aliphatic carbocycles. The molecule has 1 rings (SSSR count). The fourth-order valence-electron chi connectivity index (χ4n) is 1.20. The minimum atomic E-state index is -0.569. The van der Waals surface area contributed by atoms with Gasteiger partial charge in [-0.3, -0.25) is 10.1 Å². The average molecular weight is 215 g/mol. The van der Waals surface area contributed by atoms with Gasteiger partial charge in [0.2, 0.25) is 0 Å². The lowest BCUT2D eigenvalue weighted by molar-refractivity contribution is -0.384. The number of hydrogen-bond donors (Lipinski definition) is 1. The molecule has 0 aromatic heterocycles. The molecule has 0 fully saturated rings. The standard InChI is InChI=1S/C11H9N3O2/c1-2-3-7-13-10-6-4-5-9(8-12)11(10)14(15)16/h4-6,13H,7H2,1H3. The first-order valence-electron chi connectivity index (χ1n) is 4.51. The van der Waals surface area contributed by atoms with Crippen molar-refractivity contribution in [3.05, 3.63) is 33.9 Å². The predicted octanol–water partition coefficient (Wildman–Crippen LogP) is 1.90. The molecule has 0 aliphatic heterocycles. The third-order valence-corrected chi connectivity index (χ3v) is 1.88. The second-order valence-corrected chi connectivity index (χ2v) is 2.85. The monoisotopic (exact) mass is 215 g/mol. The number of anilines is 1. The highest BCUT2D eigenvalue weighted by Gasteiger charge is 2.18. The van der Waals surface area contributed by atoms with Gasteiger partial charge >= 0.3 is 5.69 Å². The summed E-state index contributed by atoms with van der Waals surface area (Å²) in [4.78, 5) is 10.2. The highest BCUT2D eigenvalue weighted by Crippen LogP contribution is 2.27. The fraction of sp³-hybridized carbons (Fsp3) is 0.182. The second-order valence-electron chi connectivity index (χ2n) is 2.85. The summed E-state index contributed by atoms with van der Waals surface area (Å²) >= 11 is 0. The third-order valence-electron chi connectivity index (χ3n) is 1.88. The SMILES string of the molecule is CC#CCNc1cccc(C#N)c1[N+](=O)[O-]. The van der Waals surface area contributed by atoms with Crippen molar-refractivity contribution in [1.82, 2.24) is 0 Å². The Kier molecular flexibility index (Phi) is 3.88. The van der Waals surface area contributed by atoms with E-state index in [4.69, 9.17) is 5.26 Å². The first-order chi connectivity index (χ1) is 7.70. The summed E-state index contributed by atoms with van der Waals surface area (Å²) in [7, 11) is 0. The van der Waals surface area contributed by atoms with E-state index in [1.165, 1.54) is 6.07 Å². The van der Waals surface area contributed by atoms with Gasteiger partial charge in [0, 0.05) is 0 Å². The molecule has 80 valence electrons. The molecule has 5 nitrogen and oxygen atoms in total. The zero-order valence-electron chi connectivity index (χ0n) is 8.65. The lowest BCUT2D eigenvalue weighted by atomic mass is 10.1. The van der Waals surface area contributed by atoms with Gasteiger partial charge < -0.3 is 5.32 Å². The van der Waals surface area contributed by atoms with Crippen molar-refractivity contribution in [3.8, 4) is 17.9 Å². The molecule has 0 radical (unpaired) electrons. The number of nitriles is 1. The molecule has 1 aromatic rings. The van der Waals surface area contributed by atoms with E-state index in [1.54, 1.807) is 25.1 Å². The van der Waals surface area contributed by atoms with Crippen molar-refractivity contribution < 1.29 is 4.92 Å². The maximum absolute atomic E-state index is 10.8. The summed E-state index contributed by atoms with van der Waals surface area (Å²) in [5.41, 5.74) is 0.147. The van der Waals surface area contributed by atoms with Crippen LogP contribution < -0.4 is 5.32 Å². The quantitative estimate of drug-likeness (QED) is 0.474. The maximum Gasteiger partial charge on any atom is 0.309 e. The fourth-order valence-corrected chi connectivity index (χ4v) is 1.20. The smallest absolute Gasteiger partial charge is 0.309 e. The number of benzene rings is 1. The van der Waals surface area contributed by atoms with Crippen LogP contribution in [-0.2, 0) is 0 Å². The molecule has 0 unspecified atom stereocenters. The molecule has 0 saturated heterocycles. The highest BCUT2D eigenvalue weighted by atomic mass is 16.6. The van der Waals surface area contributed by atoms with Crippen molar-refractivity contribution >= 4 is 11.4 Å². The van der Waals surface area contributed by atoms with Gasteiger partial charge in [-0.25, -0.2) is 0 Å². The van der Waals surface area contributed by atoms with E-state index in [0.29, 0.717) is 12.2 Å². The number of rotatable bonds is 3. The Bertz CT molecular complexity index is 506. The van der Waals surface area contributed by atoms with Crippen LogP contribution in [0.1, 0.15) is 12.5 Å². The van der Waals surface area contributed by atoms with Crippen molar-refractivity contribution in [2.24, 2.45) is 0 Å². The van der Waals surface area contributed by atoms with Crippen LogP contribution in [0.3, 0.4) is 0 Å². The van der Waals surface area contributed by atoms with E-state index >= 15 is 0 Å². The first-order valence-corrected chi connectivity index (χ1v) is 4.51. The van der Waals surface area contributed by atoms with Gasteiger partial charge in [0.05, 0.1) is 11.5 Å². The van der Waals surface area contributed by atoms with E-state index in [2.05, 4.69) is 17.2 Å². The molecule has 1 N–H and O–H groups in total. The van der Waals surface area contributed by atoms with Gasteiger partial charge in [0.15, 0.2) is 0 Å². The van der Waals surface area contributed by atoms with Crippen LogP contribution in [0.15, 0.2) is 18.2 Å². The molecule has 0 spiro atoms. The topological polar surface area (TPSA) is 79.0 Å². The van der Waals surface area contributed by atoms with Gasteiger partial charge in [-0.2, -0.15) is 5.26 Å². The van der Waals surface area contributed by atoms with Crippen LogP contribution in [0.4, 0.5) is 11.4 Å². The Morgan fingerprint density at radius 1 is 1.56 bits per heavy atom. The van der Waals surface area contributed by atoms with Gasteiger partial charge in [-0.15, -0.1) is 5.92 Å². The van der Waals surface area contributed by atoms with Crippen molar-refractivity contribution in [3.63, 3.8) is 0 Å². The van der Waals surface area contributed by atoms with Gasteiger partial charge in [-0.05, 0) is 19.1 Å². The summed E-state index contributed by atoms with van der Waals surface area (Å²) in [5.74, 6) is 5.40. The van der Waals surface area contributed by atoms with Crippen LogP contribution in [0.25, 0.3) is 0 Å². The van der Waals surface area contributed by atoms with Gasteiger partial charge in [-0.1, -0.05) is 12.0 Å². The zero-order valence-corrected chi connectivity index (χ0v) is 8.65. The van der Waals surface area contributed by atoms with Crippen LogP contribution in [0.2, 0.25) is 0 Å². The Balaban J connectivity index is 3.11. The molecule has 16 heavy (non-hydrogen) atoms. The minimum absolute atomic E-state index is 0.0412. The van der Waals surface area contributed by atoms with Crippen LogP contribution in [0, 0.1) is 33.3 Å². The molecular weight excluding hydrogens is 206 g/mol. The summed E-state index contributed by atoms with van der Waals surface area (Å²) in [6.07, 6.45) is 0. The van der Waals surface area contributed by atoms with E-state index < -0.39 is 4.92 Å². The molecule has 0 aliphatic rings. The Labute approximate surface area is 92.9 Å². The normalized spacial score (nSPS) is 8.50. The first kappa shape index (κ1) is 11.5. The highest BCUT2D eigenvalue weighted by molar-refractivity contribution is 5.68. The largest absolute Gasteiger partial charge is 0.369 e. The van der Waals surface area contributed by atoms with Gasteiger partial charge in [0.25, 0.3) is 0 Å². The lowest BCUT2D eigenvalue weighted by Gasteiger charge is -2.04. The Morgan fingerprint density at radius 2 is 2.31 bits per heavy atom. The number of para-hydroxylation sites is 1. The number of nitrogens with zero attached hydrogens (tertiary/aromatic N) is 2. The van der Waals surface area contributed by atoms with Crippen LogP contribution in [0.5, 0.6) is 0 Å². The summed E-state index contributed by atoms with van der Waals surface area (Å²) in [6, 6.07) is 6.34. The zero-order chi connectivity index (χ0) is 12.0. The number of nitro groups is 1. The van der Waals surface area contributed by atoms with E-state index in [-0.39, 0.29) is 11.3 Å². The van der Waals surface area contributed by atoms with E-state index in [9.17, 15) is 10.1 Å². The molecular formula is C11H9N3O2. The van der Waals surface area contributed by atoms with Crippen molar-refractivity contribution in [2.75, 3.05) is 11.9 Å². The molecule has 0 amide bonds. The molecule has 1 aromatic carbocycles. The lowest BCUT2D eigenvalue weighted by Crippen LogP contribution is -2.03. The van der Waals surface area contributed by atoms with Crippen LogP contribution in [-0.4, -0.2) is 11.5 Å². The Morgan fingerprint density at radius 3 is 2.88 bits per heavy atom. The van der Waals surface area contributed by atoms with E-state index in [1.807, 2.05) is 0 Å². The molecule has 0 atom stereocenters. The summed E-state index contributed by atoms with van der Waals surface area (Å²) in [5, 5.41) is 22.4. The van der Waals surface area contributed by atoms with Crippen LogP contribution >= 0.6 is 0 Å². The van der Waals surface area contributed by atoms with E-state index in [0.717, 1.165) is 0 Å². The maximum atomic E-state index is 10.8. The molecule has 0 bridgehead atoms. The summed E-state index contributed by atoms with van der Waals surface area (Å²) in [6.45, 7) is 1.99. The third kappa shape index (κ3) is 2.49. The number of nitrogens with one attached hydrogen (secondary N) is 1. The number of nitro benzene ring substituents is 1. The van der Waals surface area contributed by atoms with Crippen molar-refractivity contribution in [1.29, 1.82) is 5.26 Å². The second kappa shape index (κ2) is 5.38. The summed E-state index contributed by atoms with van der Waals surface area (Å²) < 4.78 is 0. The predicted molar refractivity (Wildman–Crippen MR) is 59.8 cm³/mol. The average Bonchev–Trinajstić information content (AvgIpc) is 2.28.